The summed E-state index contributed by atoms with van der Waals surface area (Å²) in [4.78, 5) is 33.4. The Hall–Kier alpha value is -4.55. The number of hydrogen-bond acceptors (Lipinski definition) is 8. The van der Waals surface area contributed by atoms with Crippen LogP contribution in [-0.4, -0.2) is 52.1 Å². The predicted octanol–water partition coefficient (Wildman–Crippen LogP) is 5.64. The highest BCUT2D eigenvalue weighted by Gasteiger charge is 2.20. The predicted molar refractivity (Wildman–Crippen MR) is 163 cm³/mol. The topological polar surface area (TPSA) is 105 Å². The minimum atomic E-state index is -0.349. The molecule has 1 aliphatic rings. The summed E-state index contributed by atoms with van der Waals surface area (Å²) in [6, 6.07) is 13.4. The average molecular weight is 550 g/mol. The van der Waals surface area contributed by atoms with E-state index in [2.05, 4.69) is 63.1 Å². The second-order valence-electron chi connectivity index (χ2n) is 10.6. The van der Waals surface area contributed by atoms with Crippen molar-refractivity contribution in [1.82, 2.24) is 19.9 Å². The molecule has 0 aliphatic carbocycles. The first-order valence-electron chi connectivity index (χ1n) is 13.9. The number of aromatic nitrogens is 4. The summed E-state index contributed by atoms with van der Waals surface area (Å²) in [5.41, 5.74) is 4.96. The fraction of sp³-hybridized carbons (Fsp3) is 0.344. The second-order valence-corrected chi connectivity index (χ2v) is 10.6. The Morgan fingerprint density at radius 3 is 2.73 bits per heavy atom. The van der Waals surface area contributed by atoms with Crippen LogP contribution in [0.1, 0.15) is 55.1 Å². The maximum Gasteiger partial charge on any atom is 0.255 e. The molecule has 2 N–H and O–H groups in total. The first-order chi connectivity index (χ1) is 19.8. The van der Waals surface area contributed by atoms with Crippen molar-refractivity contribution in [3.05, 3.63) is 71.7 Å². The molecule has 2 aromatic carbocycles. The van der Waals surface area contributed by atoms with Crippen molar-refractivity contribution in [3.63, 3.8) is 0 Å². The molecule has 1 amide bonds. The molecular formula is C32H35N7O2. The molecule has 0 atom stereocenters. The Bertz CT molecular complexity index is 1620. The normalized spacial score (nSPS) is 13.4. The van der Waals surface area contributed by atoms with Crippen LogP contribution in [0.25, 0.3) is 11.0 Å². The van der Waals surface area contributed by atoms with Crippen LogP contribution in [-0.2, 0) is 10.2 Å². The maximum absolute atomic E-state index is 13.3. The molecule has 0 spiro atoms. The minimum absolute atomic E-state index is 0.186. The smallest absolute Gasteiger partial charge is 0.255 e. The van der Waals surface area contributed by atoms with Gasteiger partial charge in [-0.3, -0.25) is 4.79 Å². The Morgan fingerprint density at radius 2 is 1.93 bits per heavy atom. The van der Waals surface area contributed by atoms with Crippen LogP contribution in [0.5, 0.6) is 0 Å². The molecule has 5 rings (SSSR count). The van der Waals surface area contributed by atoms with Gasteiger partial charge in [-0.15, -0.1) is 5.92 Å². The summed E-state index contributed by atoms with van der Waals surface area (Å²) in [5.74, 6) is 7.59. The standard InChI is InChI=1S/C32H35N7O2/c1-5-6-7-13-32(3,4)24-10-8-9-23(18-24)30(40)36-25-12-11-22(2)26(19-25)37-29-28-27(34-21-35-29)20-33-31(38-28)39-14-16-41-17-15-39/h8-12,18-21H,5-6,14-17H2,1-4H3,(H,36,40)(H,34,35,37). The van der Waals surface area contributed by atoms with E-state index < -0.39 is 0 Å². The minimum Gasteiger partial charge on any atom is -0.378 e. The Morgan fingerprint density at radius 1 is 1.10 bits per heavy atom. The van der Waals surface area contributed by atoms with Gasteiger partial charge in [0.15, 0.2) is 5.82 Å². The third-order valence-corrected chi connectivity index (χ3v) is 7.03. The molecule has 1 fully saturated rings. The number of carbonyl (C=O) groups is 1. The van der Waals surface area contributed by atoms with Gasteiger partial charge in [0.05, 0.1) is 24.8 Å². The Labute approximate surface area is 240 Å². The highest BCUT2D eigenvalue weighted by Crippen LogP contribution is 2.28. The number of morpholine rings is 1. The Kier molecular flexibility index (Phi) is 8.41. The zero-order valence-electron chi connectivity index (χ0n) is 24.0. The number of hydrogen-bond donors (Lipinski definition) is 2. The van der Waals surface area contributed by atoms with Crippen LogP contribution < -0.4 is 15.5 Å². The first-order valence-corrected chi connectivity index (χ1v) is 13.9. The molecule has 3 heterocycles. The highest BCUT2D eigenvalue weighted by molar-refractivity contribution is 6.04. The molecule has 0 radical (unpaired) electrons. The van der Waals surface area contributed by atoms with Crippen molar-refractivity contribution >= 4 is 40.1 Å². The van der Waals surface area contributed by atoms with Gasteiger partial charge in [-0.2, -0.15) is 0 Å². The van der Waals surface area contributed by atoms with Crippen LogP contribution >= 0.6 is 0 Å². The molecule has 0 saturated carbocycles. The van der Waals surface area contributed by atoms with E-state index in [0.717, 1.165) is 42.7 Å². The number of unbranched alkanes of at least 4 members (excludes halogenated alkanes) is 1. The van der Waals surface area contributed by atoms with Crippen LogP contribution in [0, 0.1) is 18.8 Å². The lowest BCUT2D eigenvalue weighted by Crippen LogP contribution is -2.37. The highest BCUT2D eigenvalue weighted by atomic mass is 16.5. The molecule has 1 aliphatic heterocycles. The van der Waals surface area contributed by atoms with Crippen molar-refractivity contribution < 1.29 is 9.53 Å². The van der Waals surface area contributed by atoms with E-state index in [-0.39, 0.29) is 11.3 Å². The lowest BCUT2D eigenvalue weighted by Gasteiger charge is -2.26. The number of amides is 1. The summed E-state index contributed by atoms with van der Waals surface area (Å²) in [7, 11) is 0. The summed E-state index contributed by atoms with van der Waals surface area (Å²) >= 11 is 0. The van der Waals surface area contributed by atoms with Gasteiger partial charge < -0.3 is 20.3 Å². The number of anilines is 4. The summed E-state index contributed by atoms with van der Waals surface area (Å²) in [6.07, 6.45) is 5.09. The number of ether oxygens (including phenoxy) is 1. The number of fused-ring (bicyclic) bond motifs is 1. The van der Waals surface area contributed by atoms with Crippen LogP contribution in [0.3, 0.4) is 0 Å². The van der Waals surface area contributed by atoms with Crippen molar-refractivity contribution in [2.75, 3.05) is 41.8 Å². The van der Waals surface area contributed by atoms with Crippen molar-refractivity contribution in [2.45, 2.75) is 46.0 Å². The number of benzene rings is 2. The molecule has 2 aromatic heterocycles. The van der Waals surface area contributed by atoms with Gasteiger partial charge in [0.25, 0.3) is 5.91 Å². The van der Waals surface area contributed by atoms with E-state index in [1.165, 1.54) is 6.33 Å². The summed E-state index contributed by atoms with van der Waals surface area (Å²) in [5, 5.41) is 6.44. The van der Waals surface area contributed by atoms with Crippen LogP contribution in [0.2, 0.25) is 0 Å². The van der Waals surface area contributed by atoms with E-state index in [1.807, 2.05) is 49.4 Å². The van der Waals surface area contributed by atoms with E-state index in [4.69, 9.17) is 9.72 Å². The molecule has 4 aromatic rings. The number of nitrogens with zero attached hydrogens (tertiary/aromatic N) is 5. The van der Waals surface area contributed by atoms with Gasteiger partial charge in [-0.1, -0.05) is 31.0 Å². The summed E-state index contributed by atoms with van der Waals surface area (Å²) < 4.78 is 5.46. The lowest BCUT2D eigenvalue weighted by atomic mass is 9.84. The molecule has 0 unspecified atom stereocenters. The molecule has 9 heteroatoms. The molecular weight excluding hydrogens is 514 g/mol. The fourth-order valence-corrected chi connectivity index (χ4v) is 4.55. The fourth-order valence-electron chi connectivity index (χ4n) is 4.55. The number of nitrogens with one attached hydrogen (secondary N) is 2. The van der Waals surface area contributed by atoms with Gasteiger partial charge in [-0.25, -0.2) is 19.9 Å². The van der Waals surface area contributed by atoms with E-state index in [9.17, 15) is 4.79 Å². The average Bonchev–Trinajstić information content (AvgIpc) is 2.99. The Balaban J connectivity index is 1.37. The quantitative estimate of drug-likeness (QED) is 0.285. The molecule has 210 valence electrons. The lowest BCUT2D eigenvalue weighted by molar-refractivity contribution is 0.102. The number of rotatable bonds is 7. The van der Waals surface area contributed by atoms with E-state index in [0.29, 0.717) is 47.3 Å². The first kappa shape index (κ1) is 28.0. The zero-order chi connectivity index (χ0) is 28.8. The van der Waals surface area contributed by atoms with Crippen LogP contribution in [0.4, 0.5) is 23.1 Å². The number of aryl methyl sites for hydroxylation is 1. The third-order valence-electron chi connectivity index (χ3n) is 7.03. The van der Waals surface area contributed by atoms with Gasteiger partial charge in [-0.05, 0) is 62.6 Å². The van der Waals surface area contributed by atoms with Gasteiger partial charge in [0, 0.05) is 36.4 Å². The zero-order valence-corrected chi connectivity index (χ0v) is 24.0. The van der Waals surface area contributed by atoms with Crippen molar-refractivity contribution in [1.29, 1.82) is 0 Å². The van der Waals surface area contributed by atoms with Gasteiger partial charge in [0.1, 0.15) is 17.4 Å². The van der Waals surface area contributed by atoms with Gasteiger partial charge in [0.2, 0.25) is 5.95 Å². The van der Waals surface area contributed by atoms with Gasteiger partial charge >= 0.3 is 0 Å². The van der Waals surface area contributed by atoms with E-state index in [1.54, 1.807) is 6.20 Å². The molecule has 1 saturated heterocycles. The summed E-state index contributed by atoms with van der Waals surface area (Å²) in [6.45, 7) is 11.0. The second kappa shape index (κ2) is 12.3. The largest absolute Gasteiger partial charge is 0.378 e. The van der Waals surface area contributed by atoms with E-state index >= 15 is 0 Å². The van der Waals surface area contributed by atoms with Crippen molar-refractivity contribution in [2.24, 2.45) is 0 Å². The molecule has 9 nitrogen and oxygen atoms in total. The monoisotopic (exact) mass is 549 g/mol. The SMILES string of the molecule is CCCC#CC(C)(C)c1cccc(C(=O)Nc2ccc(C)c(Nc3ncnc4cnc(N5CCOCC5)nc34)c2)c1. The van der Waals surface area contributed by atoms with Crippen molar-refractivity contribution in [3.8, 4) is 11.8 Å². The molecule has 41 heavy (non-hydrogen) atoms. The maximum atomic E-state index is 13.3. The third kappa shape index (κ3) is 6.61. The number of carbonyl (C=O) groups excluding carboxylic acids is 1. The van der Waals surface area contributed by atoms with Crippen LogP contribution in [0.15, 0.2) is 55.0 Å². The molecule has 0 bridgehead atoms.